The Morgan fingerprint density at radius 3 is 2.58 bits per heavy atom. The lowest BCUT2D eigenvalue weighted by Crippen LogP contribution is -2.47. The number of piperidine rings is 1. The molecule has 5 heteroatoms. The fourth-order valence-electron chi connectivity index (χ4n) is 3.71. The first-order chi connectivity index (χ1) is 12.7. The second-order valence-electron chi connectivity index (χ2n) is 6.90. The molecule has 0 bridgehead atoms. The van der Waals surface area contributed by atoms with Crippen LogP contribution in [0.3, 0.4) is 0 Å². The summed E-state index contributed by atoms with van der Waals surface area (Å²) in [5.74, 6) is 1.79. The molecule has 0 aromatic heterocycles. The Bertz CT molecular complexity index is 769. The van der Waals surface area contributed by atoms with Gasteiger partial charge >= 0.3 is 0 Å². The van der Waals surface area contributed by atoms with Gasteiger partial charge in [0.1, 0.15) is 23.9 Å². The third-order valence-electron chi connectivity index (χ3n) is 5.14. The van der Waals surface area contributed by atoms with Crippen LogP contribution in [0.2, 0.25) is 5.02 Å². The average Bonchev–Trinajstić information content (AvgIpc) is 2.69. The summed E-state index contributed by atoms with van der Waals surface area (Å²) >= 11 is 5.92. The highest BCUT2D eigenvalue weighted by Gasteiger charge is 2.30. The Morgan fingerprint density at radius 1 is 1.08 bits per heavy atom. The van der Waals surface area contributed by atoms with Crippen LogP contribution in [0.5, 0.6) is 11.5 Å². The van der Waals surface area contributed by atoms with Crippen LogP contribution in [0.1, 0.15) is 35.2 Å². The van der Waals surface area contributed by atoms with Crippen LogP contribution in [-0.4, -0.2) is 36.6 Å². The van der Waals surface area contributed by atoms with E-state index in [1.54, 1.807) is 0 Å². The summed E-state index contributed by atoms with van der Waals surface area (Å²) in [6.07, 6.45) is 5.11. The number of carbonyl (C=O) groups is 1. The predicted molar refractivity (Wildman–Crippen MR) is 101 cm³/mol. The van der Waals surface area contributed by atoms with E-state index in [0.717, 1.165) is 67.1 Å². The van der Waals surface area contributed by atoms with Crippen LogP contribution in [0.4, 0.5) is 0 Å². The number of halogens is 1. The summed E-state index contributed by atoms with van der Waals surface area (Å²) in [5, 5.41) is 0.724. The van der Waals surface area contributed by atoms with E-state index in [1.165, 1.54) is 0 Å². The SMILES string of the molecule is O=Cc1ccc2c(c1)CCC(N1CCC(Oc3ccc(Cl)cc3)CC1)O2. The molecule has 0 aliphatic carbocycles. The molecule has 2 aliphatic rings. The van der Waals surface area contributed by atoms with E-state index < -0.39 is 0 Å². The standard InChI is InChI=1S/C21H22ClNO3/c22-17-3-5-18(6-4-17)25-19-9-11-23(12-10-19)21-8-2-16-13-15(14-24)1-7-20(16)26-21/h1,3-7,13-14,19,21H,2,8-12H2. The van der Waals surface area contributed by atoms with E-state index in [4.69, 9.17) is 21.1 Å². The molecule has 0 N–H and O–H groups in total. The number of ether oxygens (including phenoxy) is 2. The van der Waals surface area contributed by atoms with E-state index in [-0.39, 0.29) is 12.3 Å². The van der Waals surface area contributed by atoms with Crippen LogP contribution in [0.25, 0.3) is 0 Å². The van der Waals surface area contributed by atoms with Gasteiger partial charge < -0.3 is 9.47 Å². The monoisotopic (exact) mass is 371 g/mol. The maximum absolute atomic E-state index is 10.9. The van der Waals surface area contributed by atoms with E-state index in [2.05, 4.69) is 4.90 Å². The topological polar surface area (TPSA) is 38.8 Å². The minimum absolute atomic E-state index is 0.112. The molecular weight excluding hydrogens is 350 g/mol. The molecule has 1 unspecified atom stereocenters. The number of rotatable bonds is 4. The predicted octanol–water partition coefficient (Wildman–Crippen LogP) is 4.35. The number of aryl methyl sites for hydroxylation is 1. The largest absolute Gasteiger partial charge is 0.490 e. The quantitative estimate of drug-likeness (QED) is 0.749. The fourth-order valence-corrected chi connectivity index (χ4v) is 3.84. The minimum atomic E-state index is 0.112. The van der Waals surface area contributed by atoms with Gasteiger partial charge in [-0.3, -0.25) is 9.69 Å². The average molecular weight is 372 g/mol. The Morgan fingerprint density at radius 2 is 1.85 bits per heavy atom. The minimum Gasteiger partial charge on any atom is -0.490 e. The molecule has 0 spiro atoms. The zero-order chi connectivity index (χ0) is 17.9. The Hall–Kier alpha value is -2.04. The number of likely N-dealkylation sites (tertiary alicyclic amines) is 1. The molecule has 2 heterocycles. The van der Waals surface area contributed by atoms with Crippen molar-refractivity contribution in [1.82, 2.24) is 4.90 Å². The molecule has 1 saturated heterocycles. The van der Waals surface area contributed by atoms with Crippen LogP contribution in [0.15, 0.2) is 42.5 Å². The van der Waals surface area contributed by atoms with Gasteiger partial charge in [0.15, 0.2) is 6.23 Å². The lowest BCUT2D eigenvalue weighted by Gasteiger charge is -2.39. The Balaban J connectivity index is 1.32. The lowest BCUT2D eigenvalue weighted by atomic mass is 10.0. The molecule has 4 rings (SSSR count). The van der Waals surface area contributed by atoms with Gasteiger partial charge in [0.2, 0.25) is 0 Å². The Kier molecular flexibility index (Phi) is 5.14. The third kappa shape index (κ3) is 3.87. The van der Waals surface area contributed by atoms with Crippen molar-refractivity contribution >= 4 is 17.9 Å². The highest BCUT2D eigenvalue weighted by Crippen LogP contribution is 2.31. The zero-order valence-electron chi connectivity index (χ0n) is 14.6. The van der Waals surface area contributed by atoms with E-state index in [9.17, 15) is 4.79 Å². The van der Waals surface area contributed by atoms with Crippen molar-refractivity contribution in [3.63, 3.8) is 0 Å². The molecule has 1 atom stereocenters. The molecule has 2 aromatic rings. The molecule has 2 aliphatic heterocycles. The summed E-state index contributed by atoms with van der Waals surface area (Å²) in [4.78, 5) is 13.3. The van der Waals surface area contributed by atoms with Crippen molar-refractivity contribution in [3.05, 3.63) is 58.6 Å². The number of nitrogens with zero attached hydrogens (tertiary/aromatic N) is 1. The molecular formula is C21H22ClNO3. The number of aldehydes is 1. The maximum Gasteiger partial charge on any atom is 0.153 e. The van der Waals surface area contributed by atoms with Gasteiger partial charge in [-0.15, -0.1) is 0 Å². The first-order valence-electron chi connectivity index (χ1n) is 9.12. The smallest absolute Gasteiger partial charge is 0.153 e. The van der Waals surface area contributed by atoms with Gasteiger partial charge in [0, 0.05) is 30.1 Å². The van der Waals surface area contributed by atoms with Crippen LogP contribution < -0.4 is 9.47 Å². The van der Waals surface area contributed by atoms with Crippen molar-refractivity contribution in [3.8, 4) is 11.5 Å². The summed E-state index contributed by atoms with van der Waals surface area (Å²) in [7, 11) is 0. The van der Waals surface area contributed by atoms with Gasteiger partial charge in [-0.2, -0.15) is 0 Å². The maximum atomic E-state index is 10.9. The number of hydrogen-bond donors (Lipinski definition) is 0. The van der Waals surface area contributed by atoms with Crippen molar-refractivity contribution < 1.29 is 14.3 Å². The zero-order valence-corrected chi connectivity index (χ0v) is 15.3. The number of hydrogen-bond acceptors (Lipinski definition) is 4. The van der Waals surface area contributed by atoms with E-state index in [0.29, 0.717) is 5.56 Å². The number of fused-ring (bicyclic) bond motifs is 1. The summed E-state index contributed by atoms with van der Waals surface area (Å²) in [6.45, 7) is 1.93. The van der Waals surface area contributed by atoms with Crippen molar-refractivity contribution in [2.24, 2.45) is 0 Å². The van der Waals surface area contributed by atoms with Gasteiger partial charge in [0.05, 0.1) is 0 Å². The van der Waals surface area contributed by atoms with Crippen LogP contribution >= 0.6 is 11.6 Å². The van der Waals surface area contributed by atoms with E-state index >= 15 is 0 Å². The molecule has 136 valence electrons. The summed E-state index contributed by atoms with van der Waals surface area (Å²) in [6, 6.07) is 13.2. The van der Waals surface area contributed by atoms with Crippen molar-refractivity contribution in [2.45, 2.75) is 38.0 Å². The molecule has 0 saturated carbocycles. The Labute approximate surface area is 158 Å². The lowest BCUT2D eigenvalue weighted by molar-refractivity contribution is -0.0227. The highest BCUT2D eigenvalue weighted by molar-refractivity contribution is 6.30. The number of benzene rings is 2. The van der Waals surface area contributed by atoms with Crippen molar-refractivity contribution in [2.75, 3.05) is 13.1 Å². The normalized spacial score (nSPS) is 20.9. The molecule has 0 amide bonds. The highest BCUT2D eigenvalue weighted by atomic mass is 35.5. The summed E-state index contributed by atoms with van der Waals surface area (Å²) in [5.41, 5.74) is 1.85. The summed E-state index contributed by atoms with van der Waals surface area (Å²) < 4.78 is 12.3. The second kappa shape index (κ2) is 7.68. The van der Waals surface area contributed by atoms with Gasteiger partial charge in [-0.25, -0.2) is 0 Å². The first kappa shape index (κ1) is 17.4. The molecule has 26 heavy (non-hydrogen) atoms. The molecule has 1 fully saturated rings. The molecule has 4 nitrogen and oxygen atoms in total. The third-order valence-corrected chi connectivity index (χ3v) is 5.40. The first-order valence-corrected chi connectivity index (χ1v) is 9.50. The fraction of sp³-hybridized carbons (Fsp3) is 0.381. The van der Waals surface area contributed by atoms with Gasteiger partial charge in [-0.05, 0) is 67.3 Å². The number of carbonyl (C=O) groups excluding carboxylic acids is 1. The molecule has 2 aromatic carbocycles. The van der Waals surface area contributed by atoms with E-state index in [1.807, 2.05) is 42.5 Å². The van der Waals surface area contributed by atoms with Gasteiger partial charge in [0.25, 0.3) is 0 Å². The van der Waals surface area contributed by atoms with Crippen molar-refractivity contribution in [1.29, 1.82) is 0 Å². The van der Waals surface area contributed by atoms with Crippen LogP contribution in [0, 0.1) is 0 Å². The second-order valence-corrected chi connectivity index (χ2v) is 7.34. The molecule has 0 radical (unpaired) electrons. The van der Waals surface area contributed by atoms with Gasteiger partial charge in [-0.1, -0.05) is 11.6 Å². The van der Waals surface area contributed by atoms with Crippen LogP contribution in [-0.2, 0) is 6.42 Å².